The fourth-order valence-electron chi connectivity index (χ4n) is 6.26. The van der Waals surface area contributed by atoms with Crippen molar-refractivity contribution < 1.29 is 13.6 Å². The summed E-state index contributed by atoms with van der Waals surface area (Å²) in [6, 6.07) is 5.93. The van der Waals surface area contributed by atoms with Gasteiger partial charge in [0.05, 0.1) is 27.6 Å². The first kappa shape index (κ1) is 28.8. The van der Waals surface area contributed by atoms with Crippen molar-refractivity contribution in [2.24, 2.45) is 0 Å². The van der Waals surface area contributed by atoms with Gasteiger partial charge in [-0.3, -0.25) is 14.3 Å². The van der Waals surface area contributed by atoms with Crippen LogP contribution in [0.2, 0.25) is 5.02 Å². The van der Waals surface area contributed by atoms with E-state index in [-0.39, 0.29) is 40.6 Å². The molecule has 0 aliphatic carbocycles. The summed E-state index contributed by atoms with van der Waals surface area (Å²) in [4.78, 5) is 39.5. The molecule has 4 heterocycles. The second-order valence-corrected chi connectivity index (χ2v) is 11.8. The van der Waals surface area contributed by atoms with E-state index in [0.717, 1.165) is 11.6 Å². The van der Waals surface area contributed by atoms with Crippen LogP contribution in [0, 0.1) is 18.6 Å². The quantitative estimate of drug-likeness (QED) is 0.290. The lowest BCUT2D eigenvalue weighted by molar-refractivity contribution is -0.126. The largest absolute Gasteiger partial charge is 0.379 e. The monoisotopic (exact) mass is 604 g/mol. The molecular weight excluding hydrogens is 574 g/mol. The van der Waals surface area contributed by atoms with Crippen molar-refractivity contribution >= 4 is 39.9 Å². The van der Waals surface area contributed by atoms with Crippen molar-refractivity contribution in [2.75, 3.05) is 29.9 Å². The molecule has 222 valence electrons. The van der Waals surface area contributed by atoms with Crippen molar-refractivity contribution in [3.63, 3.8) is 0 Å². The van der Waals surface area contributed by atoms with E-state index in [1.54, 1.807) is 17.2 Å². The van der Waals surface area contributed by atoms with E-state index in [2.05, 4.69) is 21.9 Å². The number of hydrogen-bond donors (Lipinski definition) is 1. The molecule has 6 rings (SSSR count). The number of amides is 1. The lowest BCUT2D eigenvalue weighted by atomic mass is 9.92. The fraction of sp³-hybridized carbons (Fsp3) is 0.312. The Morgan fingerprint density at radius 3 is 2.67 bits per heavy atom. The average molecular weight is 605 g/mol. The maximum atomic E-state index is 15.4. The summed E-state index contributed by atoms with van der Waals surface area (Å²) in [5, 5.41) is 4.11. The first-order valence-corrected chi connectivity index (χ1v) is 14.6. The molecule has 2 aromatic heterocycles. The van der Waals surface area contributed by atoms with Gasteiger partial charge in [-0.1, -0.05) is 38.1 Å². The Morgan fingerprint density at radius 2 is 1.98 bits per heavy atom. The van der Waals surface area contributed by atoms with Crippen LogP contribution >= 0.6 is 11.6 Å². The van der Waals surface area contributed by atoms with Crippen molar-refractivity contribution in [2.45, 2.75) is 46.2 Å². The third-order valence-corrected chi connectivity index (χ3v) is 8.60. The van der Waals surface area contributed by atoms with Gasteiger partial charge >= 0.3 is 5.69 Å². The number of anilines is 2. The molecular formula is C32H31ClF2N6O2. The molecule has 0 saturated carbocycles. The van der Waals surface area contributed by atoms with Crippen LogP contribution in [0.3, 0.4) is 0 Å². The van der Waals surface area contributed by atoms with E-state index in [1.165, 1.54) is 16.7 Å². The number of piperazine rings is 1. The maximum absolute atomic E-state index is 15.4. The lowest BCUT2D eigenvalue weighted by Gasteiger charge is -2.40. The van der Waals surface area contributed by atoms with Crippen LogP contribution in [0.5, 0.6) is 0 Å². The molecule has 11 heteroatoms. The van der Waals surface area contributed by atoms with Gasteiger partial charge in [0, 0.05) is 54.9 Å². The van der Waals surface area contributed by atoms with Gasteiger partial charge in [0.25, 0.3) is 0 Å². The van der Waals surface area contributed by atoms with E-state index in [1.807, 2.05) is 38.7 Å². The zero-order chi connectivity index (χ0) is 30.7. The summed E-state index contributed by atoms with van der Waals surface area (Å²) in [7, 11) is 0. The van der Waals surface area contributed by atoms with Crippen LogP contribution in [0.4, 0.5) is 20.3 Å². The molecule has 0 bridgehead atoms. The topological polar surface area (TPSA) is 83.4 Å². The molecule has 2 aromatic carbocycles. The van der Waals surface area contributed by atoms with Gasteiger partial charge in [-0.25, -0.2) is 13.6 Å². The van der Waals surface area contributed by atoms with Gasteiger partial charge in [0.1, 0.15) is 5.82 Å². The Kier molecular flexibility index (Phi) is 7.20. The molecule has 4 aromatic rings. The molecule has 0 unspecified atom stereocenters. The number of carbonyl (C=O) groups is 1. The molecule has 8 nitrogen and oxygen atoms in total. The van der Waals surface area contributed by atoms with Crippen LogP contribution in [0.1, 0.15) is 43.5 Å². The number of pyridine rings is 1. The zero-order valence-corrected chi connectivity index (χ0v) is 25.1. The Labute approximate surface area is 252 Å². The maximum Gasteiger partial charge on any atom is 0.354 e. The second kappa shape index (κ2) is 10.8. The third-order valence-electron chi connectivity index (χ3n) is 8.31. The predicted molar refractivity (Wildman–Crippen MR) is 165 cm³/mol. The number of nitrogens with one attached hydrogen (secondary N) is 1. The minimum Gasteiger partial charge on any atom is -0.379 e. The Morgan fingerprint density at radius 1 is 1.21 bits per heavy atom. The van der Waals surface area contributed by atoms with E-state index in [4.69, 9.17) is 11.6 Å². The number of carbonyl (C=O) groups excluding carboxylic acids is 1. The molecule has 1 saturated heterocycles. The van der Waals surface area contributed by atoms with Gasteiger partial charge in [0.15, 0.2) is 11.6 Å². The van der Waals surface area contributed by atoms with E-state index in [0.29, 0.717) is 59.0 Å². The van der Waals surface area contributed by atoms with E-state index < -0.39 is 17.3 Å². The SMILES string of the molecule is C=CC(=O)N1CCN(c2nc(=O)n(-c3c(C)ccnc3C(C)C)c3c4c(c(Cl)cc23)-c2c(ccc(F)c2F)CN4)[C@@H](C)C1. The number of hydrogen-bond acceptors (Lipinski definition) is 6. The third kappa shape index (κ3) is 4.55. The molecule has 1 N–H and O–H groups in total. The predicted octanol–water partition coefficient (Wildman–Crippen LogP) is 5.96. The lowest BCUT2D eigenvalue weighted by Crippen LogP contribution is -2.54. The summed E-state index contributed by atoms with van der Waals surface area (Å²) >= 11 is 6.92. The standard InChI is InChI=1S/C32H31ClF2N6O2/c1-6-23(42)39-11-12-40(18(5)15-39)31-20-13-21(33)25-24-19(7-8-22(34)26(24)35)14-37-28(25)30(20)41(32(43)38-31)29-17(4)9-10-36-27(29)16(2)3/h6-10,13,16,18,37H,1,11-12,14-15H2,2-5H3/t18-/m0/s1. The molecule has 1 fully saturated rings. The van der Waals surface area contributed by atoms with Crippen molar-refractivity contribution in [1.29, 1.82) is 0 Å². The van der Waals surface area contributed by atoms with Crippen LogP contribution < -0.4 is 15.9 Å². The summed E-state index contributed by atoms with van der Waals surface area (Å²) in [5.41, 5.74) is 3.28. The molecule has 0 radical (unpaired) electrons. The number of aromatic nitrogens is 3. The highest BCUT2D eigenvalue weighted by atomic mass is 35.5. The molecule has 43 heavy (non-hydrogen) atoms. The second-order valence-electron chi connectivity index (χ2n) is 11.4. The number of rotatable bonds is 4. The number of benzene rings is 2. The Balaban J connectivity index is 1.71. The summed E-state index contributed by atoms with van der Waals surface area (Å²) in [6.45, 7) is 12.9. The summed E-state index contributed by atoms with van der Waals surface area (Å²) < 4.78 is 31.5. The van der Waals surface area contributed by atoms with Gasteiger partial charge < -0.3 is 15.1 Å². The van der Waals surface area contributed by atoms with Crippen molar-refractivity contribution in [1.82, 2.24) is 19.4 Å². The average Bonchev–Trinajstić information content (AvgIpc) is 2.98. The number of halogens is 3. The van der Waals surface area contributed by atoms with Gasteiger partial charge in [-0.05, 0) is 55.2 Å². The Hall–Kier alpha value is -4.31. The van der Waals surface area contributed by atoms with Crippen LogP contribution in [-0.4, -0.2) is 51.0 Å². The summed E-state index contributed by atoms with van der Waals surface area (Å²) in [6.07, 6.45) is 2.99. The number of aryl methyl sites for hydroxylation is 1. The fourth-order valence-corrected chi connectivity index (χ4v) is 6.56. The molecule has 1 amide bonds. The van der Waals surface area contributed by atoms with Crippen molar-refractivity contribution in [3.05, 3.63) is 87.1 Å². The van der Waals surface area contributed by atoms with E-state index in [9.17, 15) is 14.0 Å². The number of nitrogens with zero attached hydrogens (tertiary/aromatic N) is 5. The van der Waals surface area contributed by atoms with Gasteiger partial charge in [-0.2, -0.15) is 4.98 Å². The normalized spacial score (nSPS) is 16.2. The first-order chi connectivity index (χ1) is 20.5. The Bertz CT molecular complexity index is 1890. The highest BCUT2D eigenvalue weighted by Gasteiger charge is 2.33. The molecule has 0 spiro atoms. The van der Waals surface area contributed by atoms with Gasteiger partial charge in [0.2, 0.25) is 5.91 Å². The molecule has 1 atom stereocenters. The minimum atomic E-state index is -0.998. The smallest absolute Gasteiger partial charge is 0.354 e. The minimum absolute atomic E-state index is 0.0321. The zero-order valence-electron chi connectivity index (χ0n) is 24.3. The highest BCUT2D eigenvalue weighted by molar-refractivity contribution is 6.36. The van der Waals surface area contributed by atoms with Crippen LogP contribution in [-0.2, 0) is 11.3 Å². The summed E-state index contributed by atoms with van der Waals surface area (Å²) in [5.74, 6) is -1.78. The van der Waals surface area contributed by atoms with Crippen LogP contribution in [0.15, 0.2) is 47.9 Å². The first-order valence-electron chi connectivity index (χ1n) is 14.2. The van der Waals surface area contributed by atoms with E-state index >= 15 is 4.39 Å². The highest BCUT2D eigenvalue weighted by Crippen LogP contribution is 2.48. The van der Waals surface area contributed by atoms with Crippen LogP contribution in [0.25, 0.3) is 27.7 Å². The van der Waals surface area contributed by atoms with Gasteiger partial charge in [-0.15, -0.1) is 0 Å². The number of fused-ring (bicyclic) bond motifs is 5. The molecule has 2 aliphatic rings. The van der Waals surface area contributed by atoms with Crippen molar-refractivity contribution in [3.8, 4) is 16.8 Å². The molecule has 2 aliphatic heterocycles.